The monoisotopic (exact) mass is 1410 g/mol. The fraction of sp³-hybridized carbons (Fsp3) is 0.948. The van der Waals surface area contributed by atoms with Crippen LogP contribution in [0.25, 0.3) is 0 Å². The molecule has 570 valence electrons. The van der Waals surface area contributed by atoms with Crippen LogP contribution in [0, 0.1) is 11.8 Å². The van der Waals surface area contributed by atoms with Gasteiger partial charge in [0, 0.05) is 25.7 Å². The highest BCUT2D eigenvalue weighted by molar-refractivity contribution is 7.47. The van der Waals surface area contributed by atoms with Gasteiger partial charge in [-0.05, 0) is 37.5 Å². The van der Waals surface area contributed by atoms with Gasteiger partial charge in [0.05, 0.1) is 26.4 Å². The number of aliphatic hydroxyl groups excluding tert-OH is 1. The third-order valence-corrected chi connectivity index (χ3v) is 20.2. The molecule has 0 heterocycles. The number of carbonyl (C=O) groups is 4. The van der Waals surface area contributed by atoms with Crippen LogP contribution < -0.4 is 0 Å². The highest BCUT2D eigenvalue weighted by Crippen LogP contribution is 2.45. The number of aliphatic hydroxyl groups is 1. The Morgan fingerprint density at radius 2 is 0.531 bits per heavy atom. The van der Waals surface area contributed by atoms with Crippen molar-refractivity contribution in [3.8, 4) is 0 Å². The molecular weight excluding hydrogens is 1260 g/mol. The summed E-state index contributed by atoms with van der Waals surface area (Å²) in [7, 11) is -9.91. The van der Waals surface area contributed by atoms with Crippen LogP contribution >= 0.6 is 15.6 Å². The van der Waals surface area contributed by atoms with Gasteiger partial charge in [-0.2, -0.15) is 0 Å². The maximum atomic E-state index is 13.1. The number of phosphoric acid groups is 2. The number of esters is 4. The summed E-state index contributed by atoms with van der Waals surface area (Å²) in [4.78, 5) is 72.8. The second kappa shape index (κ2) is 68.8. The minimum absolute atomic E-state index is 0.107. The Bertz CT molecular complexity index is 1860. The second-order valence-electron chi connectivity index (χ2n) is 28.5. The average Bonchev–Trinajstić information content (AvgIpc) is 1.67. The second-order valence-corrected chi connectivity index (χ2v) is 31.4. The van der Waals surface area contributed by atoms with Crippen molar-refractivity contribution in [2.45, 2.75) is 419 Å². The Morgan fingerprint density at radius 3 is 0.792 bits per heavy atom. The van der Waals surface area contributed by atoms with Crippen molar-refractivity contribution in [1.82, 2.24) is 0 Å². The van der Waals surface area contributed by atoms with Crippen LogP contribution in [0.2, 0.25) is 0 Å². The summed E-state index contributed by atoms with van der Waals surface area (Å²) in [6, 6.07) is 0. The molecule has 0 spiro atoms. The number of hydrogen-bond donors (Lipinski definition) is 3. The zero-order chi connectivity index (χ0) is 70.7. The van der Waals surface area contributed by atoms with Gasteiger partial charge in [-0.25, -0.2) is 9.13 Å². The van der Waals surface area contributed by atoms with Gasteiger partial charge in [-0.1, -0.05) is 350 Å². The zero-order valence-corrected chi connectivity index (χ0v) is 64.5. The van der Waals surface area contributed by atoms with Crippen molar-refractivity contribution >= 4 is 39.5 Å². The van der Waals surface area contributed by atoms with E-state index in [1.807, 2.05) is 0 Å². The van der Waals surface area contributed by atoms with Crippen LogP contribution in [-0.4, -0.2) is 96.7 Å². The van der Waals surface area contributed by atoms with Gasteiger partial charge in [0.25, 0.3) is 0 Å². The molecule has 0 rings (SSSR count). The first kappa shape index (κ1) is 94.1. The zero-order valence-electron chi connectivity index (χ0n) is 62.7. The average molecular weight is 1410 g/mol. The molecule has 3 N–H and O–H groups in total. The Morgan fingerprint density at radius 1 is 0.302 bits per heavy atom. The topological polar surface area (TPSA) is 237 Å². The first-order valence-electron chi connectivity index (χ1n) is 40.0. The molecule has 0 fully saturated rings. The van der Waals surface area contributed by atoms with E-state index in [1.54, 1.807) is 0 Å². The fourth-order valence-corrected chi connectivity index (χ4v) is 13.4. The molecule has 96 heavy (non-hydrogen) atoms. The van der Waals surface area contributed by atoms with Crippen LogP contribution in [0.4, 0.5) is 0 Å². The number of rotatable bonds is 76. The van der Waals surface area contributed by atoms with E-state index in [-0.39, 0.29) is 25.7 Å². The molecule has 0 aromatic rings. The van der Waals surface area contributed by atoms with Crippen molar-refractivity contribution in [3.05, 3.63) is 0 Å². The number of ether oxygens (including phenoxy) is 4. The molecule has 0 radical (unpaired) electrons. The van der Waals surface area contributed by atoms with E-state index in [4.69, 9.17) is 37.0 Å². The minimum Gasteiger partial charge on any atom is -0.462 e. The Labute approximate surface area is 588 Å². The van der Waals surface area contributed by atoms with Gasteiger partial charge >= 0.3 is 39.5 Å². The number of unbranched alkanes of at least 4 members (excludes halogenated alkanes) is 45. The lowest BCUT2D eigenvalue weighted by Crippen LogP contribution is -2.30. The van der Waals surface area contributed by atoms with E-state index in [9.17, 15) is 43.2 Å². The summed E-state index contributed by atoms with van der Waals surface area (Å²) < 4.78 is 68.6. The predicted molar refractivity (Wildman–Crippen MR) is 391 cm³/mol. The van der Waals surface area contributed by atoms with Crippen molar-refractivity contribution in [1.29, 1.82) is 0 Å². The molecule has 0 bridgehead atoms. The maximum absolute atomic E-state index is 13.1. The summed E-state index contributed by atoms with van der Waals surface area (Å²) in [5.41, 5.74) is 0. The molecule has 3 unspecified atom stereocenters. The molecule has 0 aromatic carbocycles. The summed E-state index contributed by atoms with van der Waals surface area (Å²) in [5, 5.41) is 10.6. The molecule has 0 aliphatic rings. The first-order chi connectivity index (χ1) is 46.4. The molecule has 0 aliphatic carbocycles. The smallest absolute Gasteiger partial charge is 0.462 e. The summed E-state index contributed by atoms with van der Waals surface area (Å²) in [6.07, 6.45) is 56.6. The molecule has 0 amide bonds. The molecule has 17 nitrogen and oxygen atoms in total. The number of phosphoric ester groups is 2. The van der Waals surface area contributed by atoms with E-state index < -0.39 is 97.5 Å². The van der Waals surface area contributed by atoms with Crippen LogP contribution in [0.15, 0.2) is 0 Å². The SMILES string of the molecule is CCCCCCCCCCCCCC(=O)OC[C@H](COP(=O)(O)OC[C@H](O)COP(=O)(O)OC[C@@H](COC(=O)CCCCCCCCCCCCCCCC(C)C)OC(=O)CCCCCCCCCCCCCCCCC(C)CC)OC(=O)CCCCCCCCCCCCC. The third-order valence-electron chi connectivity index (χ3n) is 18.3. The molecule has 19 heteroatoms. The van der Waals surface area contributed by atoms with Gasteiger partial charge in [-0.3, -0.25) is 37.3 Å². The van der Waals surface area contributed by atoms with Crippen molar-refractivity contribution in [2.24, 2.45) is 11.8 Å². The van der Waals surface area contributed by atoms with Gasteiger partial charge in [-0.15, -0.1) is 0 Å². The largest absolute Gasteiger partial charge is 0.472 e. The van der Waals surface area contributed by atoms with Gasteiger partial charge in [0.1, 0.15) is 19.3 Å². The molecule has 0 saturated carbocycles. The van der Waals surface area contributed by atoms with E-state index in [1.165, 1.54) is 218 Å². The Hall–Kier alpha value is -1.94. The van der Waals surface area contributed by atoms with Crippen LogP contribution in [0.3, 0.4) is 0 Å². The van der Waals surface area contributed by atoms with Gasteiger partial charge in [0.2, 0.25) is 0 Å². The minimum atomic E-state index is -4.96. The highest BCUT2D eigenvalue weighted by atomic mass is 31.2. The first-order valence-corrected chi connectivity index (χ1v) is 43.0. The van der Waals surface area contributed by atoms with Gasteiger partial charge < -0.3 is 33.8 Å². The van der Waals surface area contributed by atoms with E-state index in [0.717, 1.165) is 102 Å². The third kappa shape index (κ3) is 69.2. The fourth-order valence-electron chi connectivity index (χ4n) is 11.8. The number of hydrogen-bond acceptors (Lipinski definition) is 15. The van der Waals surface area contributed by atoms with Crippen molar-refractivity contribution < 1.29 is 80.2 Å². The molecule has 0 aliphatic heterocycles. The number of carbonyl (C=O) groups excluding carboxylic acids is 4. The van der Waals surface area contributed by atoms with Crippen molar-refractivity contribution in [3.63, 3.8) is 0 Å². The lowest BCUT2D eigenvalue weighted by molar-refractivity contribution is -0.161. The Balaban J connectivity index is 5.24. The highest BCUT2D eigenvalue weighted by Gasteiger charge is 2.30. The van der Waals surface area contributed by atoms with Crippen LogP contribution in [0.5, 0.6) is 0 Å². The summed E-state index contributed by atoms with van der Waals surface area (Å²) in [6.45, 7) is 9.67. The molecule has 0 aromatic heterocycles. The lowest BCUT2D eigenvalue weighted by atomic mass is 9.99. The van der Waals surface area contributed by atoms with Crippen molar-refractivity contribution in [2.75, 3.05) is 39.6 Å². The van der Waals surface area contributed by atoms with Gasteiger partial charge in [0.15, 0.2) is 12.2 Å². The summed E-state index contributed by atoms with van der Waals surface area (Å²) in [5.74, 6) is -0.475. The predicted octanol–water partition coefficient (Wildman–Crippen LogP) is 22.7. The Kier molecular flexibility index (Phi) is 67.4. The maximum Gasteiger partial charge on any atom is 0.472 e. The normalized spacial score (nSPS) is 14.3. The van der Waals surface area contributed by atoms with E-state index >= 15 is 0 Å². The summed E-state index contributed by atoms with van der Waals surface area (Å²) >= 11 is 0. The molecule has 0 saturated heterocycles. The molecule has 6 atom stereocenters. The van der Waals surface area contributed by atoms with E-state index in [2.05, 4.69) is 41.5 Å². The standard InChI is InChI=1S/C77H150O17P2/c1-7-10-12-14-16-18-27-35-41-47-53-59-74(79)87-65-72(93-76(81)61-55-49-43-37-28-19-17-15-13-11-8-2)67-91-95(83,84)89-63-71(78)64-90-96(85,86)92-68-73(66-88-75(80)60-54-48-42-36-31-26-22-23-29-33-39-45-51-57-69(4)5)94-77(82)62-56-50-44-38-32-25-21-20-24-30-34-40-46-52-58-70(6)9-3/h69-73,78H,7-68H2,1-6H3,(H,83,84)(H,85,86)/t70?,71-,72+,73+/m0/s1. The lowest BCUT2D eigenvalue weighted by Gasteiger charge is -2.21. The van der Waals surface area contributed by atoms with Crippen LogP contribution in [-0.2, 0) is 65.4 Å². The van der Waals surface area contributed by atoms with E-state index in [0.29, 0.717) is 25.7 Å². The quantitative estimate of drug-likeness (QED) is 0.0222. The molecular formula is C77H150O17P2. The van der Waals surface area contributed by atoms with Crippen LogP contribution in [0.1, 0.15) is 401 Å².